The zero-order valence-electron chi connectivity index (χ0n) is 28.2. The number of carbonyl (C=O) groups excluding carboxylic acids is 1. The van der Waals surface area contributed by atoms with Gasteiger partial charge in [0.1, 0.15) is 23.7 Å². The minimum atomic E-state index is 0.0450. The van der Waals surface area contributed by atoms with Gasteiger partial charge in [0.15, 0.2) is 0 Å². The van der Waals surface area contributed by atoms with E-state index in [2.05, 4.69) is 102 Å². The van der Waals surface area contributed by atoms with Gasteiger partial charge < -0.3 is 19.9 Å². The van der Waals surface area contributed by atoms with Crippen LogP contribution in [0.25, 0.3) is 22.4 Å². The molecule has 2 aliphatic rings. The summed E-state index contributed by atoms with van der Waals surface area (Å²) in [5.74, 6) is 2.43. The lowest BCUT2D eigenvalue weighted by atomic mass is 9.87. The molecule has 2 atom stereocenters. The summed E-state index contributed by atoms with van der Waals surface area (Å²) in [7, 11) is 0. The Bertz CT molecular complexity index is 1600. The first-order valence-electron chi connectivity index (χ1n) is 17.0. The Morgan fingerprint density at radius 3 is 2.41 bits per heavy atom. The molecule has 3 heterocycles. The highest BCUT2D eigenvalue weighted by atomic mass is 16.5. The van der Waals surface area contributed by atoms with Crippen molar-refractivity contribution in [3.63, 3.8) is 0 Å². The van der Waals surface area contributed by atoms with Crippen LogP contribution in [-0.4, -0.2) is 84.1 Å². The monoisotopic (exact) mass is 622 g/mol. The van der Waals surface area contributed by atoms with E-state index < -0.39 is 0 Å². The highest BCUT2D eigenvalue weighted by Crippen LogP contribution is 2.30. The molecule has 2 fully saturated rings. The predicted molar refractivity (Wildman–Crippen MR) is 189 cm³/mol. The zero-order valence-corrected chi connectivity index (χ0v) is 28.2. The van der Waals surface area contributed by atoms with Crippen molar-refractivity contribution in [3.8, 4) is 17.1 Å². The molecule has 0 radical (unpaired) electrons. The second-order valence-corrected chi connectivity index (χ2v) is 14.3. The molecule has 46 heavy (non-hydrogen) atoms. The molecule has 6 rings (SSSR count). The molecule has 2 N–H and O–H groups in total. The van der Waals surface area contributed by atoms with Crippen molar-refractivity contribution in [3.05, 3.63) is 72.3 Å². The molecule has 0 spiro atoms. The number of ether oxygens (including phenoxy) is 1. The number of aromatic nitrogens is 2. The number of para-hydroxylation sites is 1. The minimum Gasteiger partial charge on any atom is -0.492 e. The standard InChI is InChI=1S/C38H50N6O2/c1-27-9-10-28(2)44(25-27)26-35(45)39-31-15-17-32(18-16-31)46-24-23-42-19-21-43(22-20-42)34-8-6-7-33-36(34)41-37(40-33)29-11-13-30(14-12-29)38(3,4)5/h6-8,11-18,27-28H,9-10,19-26H2,1-5H3,(H,39,45)(H,40,41)/t27-,28-/m0/s1. The summed E-state index contributed by atoms with van der Waals surface area (Å²) >= 11 is 0. The quantitative estimate of drug-likeness (QED) is 0.214. The summed E-state index contributed by atoms with van der Waals surface area (Å²) in [6, 6.07) is 23.4. The molecule has 0 saturated carbocycles. The van der Waals surface area contributed by atoms with E-state index in [1.54, 1.807) is 0 Å². The van der Waals surface area contributed by atoms with Gasteiger partial charge in [-0.2, -0.15) is 0 Å². The number of hydrogen-bond acceptors (Lipinski definition) is 6. The number of fused-ring (bicyclic) bond motifs is 1. The van der Waals surface area contributed by atoms with Crippen LogP contribution in [0.2, 0.25) is 0 Å². The number of piperazine rings is 1. The Kier molecular flexibility index (Phi) is 9.66. The number of H-pyrrole nitrogens is 1. The van der Waals surface area contributed by atoms with E-state index in [1.807, 2.05) is 24.3 Å². The lowest BCUT2D eigenvalue weighted by Crippen LogP contribution is -2.47. The van der Waals surface area contributed by atoms with E-state index >= 15 is 0 Å². The molecule has 1 amide bonds. The van der Waals surface area contributed by atoms with E-state index in [1.165, 1.54) is 17.7 Å². The predicted octanol–water partition coefficient (Wildman–Crippen LogP) is 6.79. The van der Waals surface area contributed by atoms with Gasteiger partial charge in [-0.15, -0.1) is 0 Å². The Morgan fingerprint density at radius 1 is 0.957 bits per heavy atom. The number of rotatable bonds is 9. The van der Waals surface area contributed by atoms with Crippen LogP contribution in [0.5, 0.6) is 5.75 Å². The van der Waals surface area contributed by atoms with Crippen LogP contribution in [0, 0.1) is 5.92 Å². The van der Waals surface area contributed by atoms with Crippen molar-refractivity contribution in [1.82, 2.24) is 19.8 Å². The van der Waals surface area contributed by atoms with Gasteiger partial charge in [0, 0.05) is 56.6 Å². The molecule has 2 aliphatic heterocycles. The molecule has 3 aromatic carbocycles. The van der Waals surface area contributed by atoms with Gasteiger partial charge in [-0.3, -0.25) is 14.6 Å². The third-order valence-corrected chi connectivity index (χ3v) is 9.64. The molecule has 0 aliphatic carbocycles. The van der Waals surface area contributed by atoms with Crippen molar-refractivity contribution in [2.45, 2.75) is 58.9 Å². The van der Waals surface area contributed by atoms with Gasteiger partial charge in [-0.05, 0) is 73.1 Å². The molecule has 4 aromatic rings. The van der Waals surface area contributed by atoms with Crippen LogP contribution in [0.4, 0.5) is 11.4 Å². The van der Waals surface area contributed by atoms with E-state index in [0.29, 0.717) is 25.1 Å². The van der Waals surface area contributed by atoms with Crippen molar-refractivity contribution in [1.29, 1.82) is 0 Å². The van der Waals surface area contributed by atoms with Gasteiger partial charge in [0.2, 0.25) is 5.91 Å². The van der Waals surface area contributed by atoms with Crippen LogP contribution in [0.3, 0.4) is 0 Å². The molecule has 244 valence electrons. The highest BCUT2D eigenvalue weighted by Gasteiger charge is 2.25. The number of likely N-dealkylation sites (tertiary alicyclic amines) is 1. The molecule has 8 heteroatoms. The Labute approximate surface area is 274 Å². The van der Waals surface area contributed by atoms with E-state index in [-0.39, 0.29) is 11.3 Å². The fraction of sp³-hybridized carbons (Fsp3) is 0.474. The largest absolute Gasteiger partial charge is 0.492 e. The second-order valence-electron chi connectivity index (χ2n) is 14.3. The smallest absolute Gasteiger partial charge is 0.238 e. The highest BCUT2D eigenvalue weighted by molar-refractivity contribution is 5.92. The Hall–Kier alpha value is -3.88. The average molecular weight is 623 g/mol. The van der Waals surface area contributed by atoms with Crippen LogP contribution in [0.1, 0.15) is 53.0 Å². The van der Waals surface area contributed by atoms with Crippen LogP contribution in [0.15, 0.2) is 66.7 Å². The average Bonchev–Trinajstić information content (AvgIpc) is 3.49. The van der Waals surface area contributed by atoms with Gasteiger partial charge >= 0.3 is 0 Å². The van der Waals surface area contributed by atoms with E-state index in [0.717, 1.165) is 79.5 Å². The van der Waals surface area contributed by atoms with Crippen LogP contribution < -0.4 is 15.0 Å². The summed E-state index contributed by atoms with van der Waals surface area (Å²) < 4.78 is 6.07. The fourth-order valence-electron chi connectivity index (χ4n) is 6.66. The number of aromatic amines is 1. The van der Waals surface area contributed by atoms with Crippen molar-refractivity contribution in [2.24, 2.45) is 5.92 Å². The number of nitrogens with zero attached hydrogens (tertiary/aromatic N) is 4. The SMILES string of the molecule is C[C@H]1CC[C@H](C)N(CC(=O)Nc2ccc(OCCN3CCN(c4cccc5[nH]c(-c6ccc(C(C)(C)C)cc6)nc45)CC3)cc2)C1. The molecule has 8 nitrogen and oxygen atoms in total. The van der Waals surface area contributed by atoms with Crippen LogP contribution in [-0.2, 0) is 10.2 Å². The first kappa shape index (κ1) is 32.1. The summed E-state index contributed by atoms with van der Waals surface area (Å²) in [5, 5.41) is 3.05. The lowest BCUT2D eigenvalue weighted by molar-refractivity contribution is -0.118. The number of imidazole rings is 1. The number of benzene rings is 3. The number of piperidine rings is 1. The molecular formula is C38H50N6O2. The van der Waals surface area contributed by atoms with Crippen molar-refractivity contribution < 1.29 is 9.53 Å². The number of hydrogen-bond donors (Lipinski definition) is 2. The van der Waals surface area contributed by atoms with Gasteiger partial charge in [0.05, 0.1) is 17.7 Å². The van der Waals surface area contributed by atoms with E-state index in [4.69, 9.17) is 9.72 Å². The number of amides is 1. The maximum absolute atomic E-state index is 12.6. The summed E-state index contributed by atoms with van der Waals surface area (Å²) in [6.07, 6.45) is 2.40. The summed E-state index contributed by atoms with van der Waals surface area (Å²) in [4.78, 5) is 28.4. The third kappa shape index (κ3) is 7.73. The third-order valence-electron chi connectivity index (χ3n) is 9.64. The Balaban J connectivity index is 0.963. The zero-order chi connectivity index (χ0) is 32.3. The second kappa shape index (κ2) is 13.9. The van der Waals surface area contributed by atoms with Gasteiger partial charge in [-0.1, -0.05) is 58.0 Å². The topological polar surface area (TPSA) is 76.7 Å². The Morgan fingerprint density at radius 2 is 1.70 bits per heavy atom. The van der Waals surface area contributed by atoms with E-state index in [9.17, 15) is 4.79 Å². The maximum atomic E-state index is 12.6. The molecule has 0 bridgehead atoms. The number of nitrogens with one attached hydrogen (secondary N) is 2. The number of anilines is 2. The first-order valence-corrected chi connectivity index (χ1v) is 17.0. The molecule has 1 aromatic heterocycles. The van der Waals surface area contributed by atoms with Gasteiger partial charge in [0.25, 0.3) is 0 Å². The van der Waals surface area contributed by atoms with Crippen LogP contribution >= 0.6 is 0 Å². The maximum Gasteiger partial charge on any atom is 0.238 e. The van der Waals surface area contributed by atoms with Gasteiger partial charge in [-0.25, -0.2) is 4.98 Å². The fourth-order valence-corrected chi connectivity index (χ4v) is 6.66. The first-order chi connectivity index (χ1) is 22.1. The minimum absolute atomic E-state index is 0.0450. The molecule has 0 unspecified atom stereocenters. The summed E-state index contributed by atoms with van der Waals surface area (Å²) in [6.45, 7) is 18.0. The normalized spacial score (nSPS) is 19.8. The molecule has 2 saturated heterocycles. The molecular weight excluding hydrogens is 572 g/mol. The summed E-state index contributed by atoms with van der Waals surface area (Å²) in [5.41, 5.74) is 6.66. The van der Waals surface area contributed by atoms with Crippen molar-refractivity contribution >= 4 is 28.3 Å². The lowest BCUT2D eigenvalue weighted by Gasteiger charge is -2.36. The number of carbonyl (C=O) groups is 1. The van der Waals surface area contributed by atoms with Crippen molar-refractivity contribution in [2.75, 3.05) is 62.6 Å².